The molecular formula is C21H17FN4O2. The van der Waals surface area contributed by atoms with Crippen LogP contribution in [-0.4, -0.2) is 20.9 Å². The number of halogens is 1. The summed E-state index contributed by atoms with van der Waals surface area (Å²) in [6.45, 7) is 2.43. The first-order valence-electron chi connectivity index (χ1n) is 8.75. The molecule has 0 radical (unpaired) electrons. The summed E-state index contributed by atoms with van der Waals surface area (Å²) in [7, 11) is 0. The van der Waals surface area contributed by atoms with Crippen LogP contribution in [0.3, 0.4) is 0 Å². The van der Waals surface area contributed by atoms with Gasteiger partial charge in [-0.25, -0.2) is 9.18 Å². The lowest BCUT2D eigenvalue weighted by molar-refractivity contribution is 0.132. The van der Waals surface area contributed by atoms with E-state index in [4.69, 9.17) is 4.74 Å². The van der Waals surface area contributed by atoms with Crippen molar-refractivity contribution in [3.63, 3.8) is 0 Å². The maximum atomic E-state index is 13.6. The van der Waals surface area contributed by atoms with Crippen LogP contribution in [0.15, 0.2) is 55.0 Å². The maximum absolute atomic E-state index is 13.6. The SMILES string of the molecule is Cc1ccnn1CC#Cc1cncc([C@H]2NC(=O)O[C@@H]2c2cccc(F)c2)c1. The van der Waals surface area contributed by atoms with Gasteiger partial charge in [0.1, 0.15) is 18.4 Å². The molecular weight excluding hydrogens is 359 g/mol. The van der Waals surface area contributed by atoms with Crippen LogP contribution in [0.4, 0.5) is 9.18 Å². The fourth-order valence-electron chi connectivity index (χ4n) is 3.10. The van der Waals surface area contributed by atoms with Gasteiger partial charge in [0.15, 0.2) is 6.10 Å². The van der Waals surface area contributed by atoms with Crippen molar-refractivity contribution in [1.29, 1.82) is 0 Å². The summed E-state index contributed by atoms with van der Waals surface area (Å²) in [5, 5.41) is 6.96. The van der Waals surface area contributed by atoms with Gasteiger partial charge in [0.25, 0.3) is 0 Å². The summed E-state index contributed by atoms with van der Waals surface area (Å²) >= 11 is 0. The van der Waals surface area contributed by atoms with E-state index >= 15 is 0 Å². The van der Waals surface area contributed by atoms with Gasteiger partial charge >= 0.3 is 6.09 Å². The van der Waals surface area contributed by atoms with Crippen molar-refractivity contribution in [3.8, 4) is 11.8 Å². The van der Waals surface area contributed by atoms with Crippen molar-refractivity contribution in [2.45, 2.75) is 25.6 Å². The van der Waals surface area contributed by atoms with E-state index < -0.39 is 18.2 Å². The van der Waals surface area contributed by atoms with Gasteiger partial charge < -0.3 is 10.1 Å². The van der Waals surface area contributed by atoms with E-state index in [1.165, 1.54) is 12.1 Å². The van der Waals surface area contributed by atoms with Gasteiger partial charge in [-0.2, -0.15) is 5.10 Å². The zero-order chi connectivity index (χ0) is 19.5. The first-order chi connectivity index (χ1) is 13.6. The molecule has 140 valence electrons. The molecule has 2 atom stereocenters. The molecule has 1 aliphatic rings. The van der Waals surface area contributed by atoms with Crippen molar-refractivity contribution in [2.24, 2.45) is 0 Å². The number of cyclic esters (lactones) is 1. The number of hydrogen-bond donors (Lipinski definition) is 1. The average Bonchev–Trinajstić information content (AvgIpc) is 3.28. The molecule has 7 heteroatoms. The minimum Gasteiger partial charge on any atom is -0.439 e. The van der Waals surface area contributed by atoms with Crippen molar-refractivity contribution < 1.29 is 13.9 Å². The molecule has 3 aromatic rings. The summed E-state index contributed by atoms with van der Waals surface area (Å²) in [5.74, 6) is 5.74. The normalized spacial score (nSPS) is 18.1. The number of rotatable bonds is 3. The van der Waals surface area contributed by atoms with Crippen LogP contribution >= 0.6 is 0 Å². The number of benzene rings is 1. The molecule has 6 nitrogen and oxygen atoms in total. The van der Waals surface area contributed by atoms with Crippen LogP contribution in [0.1, 0.15) is 34.5 Å². The molecule has 28 heavy (non-hydrogen) atoms. The molecule has 0 saturated carbocycles. The third-order valence-corrected chi connectivity index (χ3v) is 4.50. The van der Waals surface area contributed by atoms with E-state index in [-0.39, 0.29) is 5.82 Å². The number of carbonyl (C=O) groups excluding carboxylic acids is 1. The molecule has 0 aliphatic carbocycles. The van der Waals surface area contributed by atoms with Crippen molar-refractivity contribution in [2.75, 3.05) is 0 Å². The highest BCUT2D eigenvalue weighted by molar-refractivity contribution is 5.71. The molecule has 1 aromatic carbocycles. The minimum absolute atomic E-state index is 0.383. The zero-order valence-corrected chi connectivity index (χ0v) is 15.1. The van der Waals surface area contributed by atoms with Crippen molar-refractivity contribution >= 4 is 6.09 Å². The summed E-state index contributed by atoms with van der Waals surface area (Å²) in [6.07, 6.45) is 3.84. The molecule has 2 aromatic heterocycles. The van der Waals surface area contributed by atoms with E-state index in [0.29, 0.717) is 17.7 Å². The second-order valence-electron chi connectivity index (χ2n) is 6.44. The van der Waals surface area contributed by atoms with E-state index in [1.807, 2.05) is 19.1 Å². The summed E-state index contributed by atoms with van der Waals surface area (Å²) in [6, 6.07) is 9.32. The highest BCUT2D eigenvalue weighted by atomic mass is 19.1. The number of aromatic nitrogens is 3. The number of hydrogen-bond acceptors (Lipinski definition) is 4. The Bertz CT molecular complexity index is 1080. The number of carbonyl (C=O) groups is 1. The summed E-state index contributed by atoms with van der Waals surface area (Å²) < 4.78 is 20.8. The first-order valence-corrected chi connectivity index (χ1v) is 8.75. The highest BCUT2D eigenvalue weighted by Gasteiger charge is 2.36. The third kappa shape index (κ3) is 3.71. The summed E-state index contributed by atoms with van der Waals surface area (Å²) in [4.78, 5) is 16.1. The van der Waals surface area contributed by atoms with Crippen LogP contribution in [0.2, 0.25) is 0 Å². The maximum Gasteiger partial charge on any atom is 0.408 e. The molecule has 1 aliphatic heterocycles. The fraction of sp³-hybridized carbons (Fsp3) is 0.190. The monoisotopic (exact) mass is 376 g/mol. The second kappa shape index (κ2) is 7.53. The molecule has 1 N–H and O–H groups in total. The number of amides is 1. The lowest BCUT2D eigenvalue weighted by Crippen LogP contribution is -2.19. The van der Waals surface area contributed by atoms with Crippen LogP contribution in [0.25, 0.3) is 0 Å². The number of pyridine rings is 1. The van der Waals surface area contributed by atoms with Gasteiger partial charge in [-0.3, -0.25) is 9.67 Å². The number of nitrogens with one attached hydrogen (secondary N) is 1. The second-order valence-corrected chi connectivity index (χ2v) is 6.44. The zero-order valence-electron chi connectivity index (χ0n) is 15.1. The standard InChI is InChI=1S/C21H17FN4O2/c1-14-7-8-24-26(14)9-3-4-15-10-17(13-23-12-15)19-20(28-21(27)25-19)16-5-2-6-18(22)11-16/h2,5-8,10-13,19-20H,9H2,1H3,(H,25,27)/t19-,20-/m1/s1. The first kappa shape index (κ1) is 17.7. The Labute approximate surface area is 161 Å². The van der Waals surface area contributed by atoms with Crippen molar-refractivity contribution in [1.82, 2.24) is 20.1 Å². The molecule has 1 amide bonds. The molecule has 0 unspecified atom stereocenters. The predicted octanol–water partition coefficient (Wildman–Crippen LogP) is 3.30. The molecule has 4 rings (SSSR count). The van der Waals surface area contributed by atoms with Gasteiger partial charge in [0, 0.05) is 29.8 Å². The van der Waals surface area contributed by atoms with E-state index in [2.05, 4.69) is 27.2 Å². The molecule has 1 fully saturated rings. The van der Waals surface area contributed by atoms with E-state index in [0.717, 1.165) is 11.3 Å². The van der Waals surface area contributed by atoms with Crippen LogP contribution < -0.4 is 5.32 Å². The van der Waals surface area contributed by atoms with Gasteiger partial charge in [-0.15, -0.1) is 0 Å². The Morgan fingerprint density at radius 3 is 2.93 bits per heavy atom. The predicted molar refractivity (Wildman–Crippen MR) is 99.6 cm³/mol. The number of aryl methyl sites for hydroxylation is 1. The molecule has 3 heterocycles. The summed E-state index contributed by atoms with van der Waals surface area (Å²) in [5.41, 5.74) is 3.06. The Morgan fingerprint density at radius 2 is 2.14 bits per heavy atom. The van der Waals surface area contributed by atoms with Gasteiger partial charge in [-0.1, -0.05) is 24.0 Å². The molecule has 1 saturated heterocycles. The minimum atomic E-state index is -0.639. The quantitative estimate of drug-likeness (QED) is 0.712. The Kier molecular flexibility index (Phi) is 4.77. The molecule has 0 spiro atoms. The third-order valence-electron chi connectivity index (χ3n) is 4.50. The van der Waals surface area contributed by atoms with Crippen LogP contribution in [0, 0.1) is 24.6 Å². The van der Waals surface area contributed by atoms with Crippen molar-refractivity contribution in [3.05, 3.63) is 83.2 Å². The smallest absolute Gasteiger partial charge is 0.408 e. The Morgan fingerprint density at radius 1 is 1.25 bits per heavy atom. The Balaban J connectivity index is 1.58. The number of ether oxygens (including phenoxy) is 1. The van der Waals surface area contributed by atoms with Crippen LogP contribution in [-0.2, 0) is 11.3 Å². The van der Waals surface area contributed by atoms with Gasteiger partial charge in [0.05, 0.1) is 0 Å². The van der Waals surface area contributed by atoms with E-state index in [1.54, 1.807) is 35.4 Å². The highest BCUT2D eigenvalue weighted by Crippen LogP contribution is 2.36. The van der Waals surface area contributed by atoms with Gasteiger partial charge in [-0.05, 0) is 42.3 Å². The van der Waals surface area contributed by atoms with Gasteiger partial charge in [0.2, 0.25) is 0 Å². The lowest BCUT2D eigenvalue weighted by Gasteiger charge is -2.17. The largest absolute Gasteiger partial charge is 0.439 e. The number of nitrogens with zero attached hydrogens (tertiary/aromatic N) is 3. The van der Waals surface area contributed by atoms with E-state index in [9.17, 15) is 9.18 Å². The fourth-order valence-corrected chi connectivity index (χ4v) is 3.10. The lowest BCUT2D eigenvalue weighted by atomic mass is 9.97. The molecule has 0 bridgehead atoms. The van der Waals surface area contributed by atoms with Crippen LogP contribution in [0.5, 0.6) is 0 Å². The number of alkyl carbamates (subject to hydrolysis) is 1. The average molecular weight is 376 g/mol. The Hall–Kier alpha value is -3.66. The topological polar surface area (TPSA) is 69.0 Å².